The number of hydrogen-bond acceptors (Lipinski definition) is 4. The lowest BCUT2D eigenvalue weighted by atomic mass is 9.91. The van der Waals surface area contributed by atoms with Gasteiger partial charge in [0.15, 0.2) is 0 Å². The number of carbonyl (C=O) groups is 3. The van der Waals surface area contributed by atoms with Gasteiger partial charge in [0.05, 0.1) is 0 Å². The molecule has 2 aliphatic heterocycles. The van der Waals surface area contributed by atoms with E-state index >= 15 is 0 Å². The molecule has 7 heteroatoms. The summed E-state index contributed by atoms with van der Waals surface area (Å²) in [5.41, 5.74) is 0.129. The lowest BCUT2D eigenvalue weighted by Gasteiger charge is -2.32. The van der Waals surface area contributed by atoms with Crippen LogP contribution in [0.3, 0.4) is 0 Å². The standard InChI is InChI=1S/C16H20N4O3/c1-10-9-20(8-7-17-10)13(21)11-3-5-12(6-4-11)16(2)14(22)18-15(23)19-16/h3-6,10,17H,7-9H2,1-2H3,(H2,18,19,22,23)/t10-,16-/m1/s1. The Morgan fingerprint density at radius 3 is 2.52 bits per heavy atom. The van der Waals surface area contributed by atoms with Crippen molar-refractivity contribution in [3.8, 4) is 0 Å². The Labute approximate surface area is 134 Å². The van der Waals surface area contributed by atoms with Crippen LogP contribution < -0.4 is 16.0 Å². The van der Waals surface area contributed by atoms with Crippen molar-refractivity contribution in [2.75, 3.05) is 19.6 Å². The van der Waals surface area contributed by atoms with Gasteiger partial charge in [-0.05, 0) is 31.5 Å². The molecule has 0 aromatic heterocycles. The summed E-state index contributed by atoms with van der Waals surface area (Å²) < 4.78 is 0. The van der Waals surface area contributed by atoms with Gasteiger partial charge in [0.2, 0.25) is 0 Å². The van der Waals surface area contributed by atoms with Crippen molar-refractivity contribution in [1.29, 1.82) is 0 Å². The Bertz CT molecular complexity index is 658. The Kier molecular flexibility index (Phi) is 3.81. The molecule has 4 amide bonds. The normalized spacial score (nSPS) is 27.6. The number of nitrogens with one attached hydrogen (secondary N) is 3. The van der Waals surface area contributed by atoms with Crippen molar-refractivity contribution in [2.24, 2.45) is 0 Å². The smallest absolute Gasteiger partial charge is 0.322 e. The molecule has 7 nitrogen and oxygen atoms in total. The van der Waals surface area contributed by atoms with E-state index in [0.29, 0.717) is 24.2 Å². The van der Waals surface area contributed by atoms with Crippen molar-refractivity contribution in [1.82, 2.24) is 20.9 Å². The van der Waals surface area contributed by atoms with Crippen LogP contribution in [0.5, 0.6) is 0 Å². The fourth-order valence-electron chi connectivity index (χ4n) is 2.99. The lowest BCUT2D eigenvalue weighted by molar-refractivity contribution is -0.123. The largest absolute Gasteiger partial charge is 0.336 e. The molecule has 2 aliphatic rings. The van der Waals surface area contributed by atoms with Crippen LogP contribution in [0.1, 0.15) is 29.8 Å². The first-order chi connectivity index (χ1) is 10.9. The zero-order valence-electron chi connectivity index (χ0n) is 13.2. The first kappa shape index (κ1) is 15.5. The van der Waals surface area contributed by atoms with Crippen LogP contribution in [0.25, 0.3) is 0 Å². The second-order valence-electron chi connectivity index (χ2n) is 6.22. The second kappa shape index (κ2) is 5.66. The zero-order valence-corrected chi connectivity index (χ0v) is 13.2. The molecule has 0 aliphatic carbocycles. The maximum atomic E-state index is 12.5. The predicted octanol–water partition coefficient (Wildman–Crippen LogP) is 0.175. The topological polar surface area (TPSA) is 90.5 Å². The van der Waals surface area contributed by atoms with E-state index in [-0.39, 0.29) is 11.9 Å². The van der Waals surface area contributed by atoms with Crippen LogP contribution >= 0.6 is 0 Å². The van der Waals surface area contributed by atoms with E-state index in [1.165, 1.54) is 0 Å². The minimum absolute atomic E-state index is 0.0186. The fraction of sp³-hybridized carbons (Fsp3) is 0.438. The summed E-state index contributed by atoms with van der Waals surface area (Å²) >= 11 is 0. The van der Waals surface area contributed by atoms with E-state index in [2.05, 4.69) is 16.0 Å². The summed E-state index contributed by atoms with van der Waals surface area (Å²) in [7, 11) is 0. The number of carbonyl (C=O) groups excluding carboxylic acids is 3. The average molecular weight is 316 g/mol. The molecule has 2 saturated heterocycles. The molecule has 2 fully saturated rings. The van der Waals surface area contributed by atoms with Gasteiger partial charge in [-0.1, -0.05) is 12.1 Å². The lowest BCUT2D eigenvalue weighted by Crippen LogP contribution is -2.51. The molecule has 0 spiro atoms. The third-order valence-corrected chi connectivity index (χ3v) is 4.41. The predicted molar refractivity (Wildman–Crippen MR) is 83.8 cm³/mol. The van der Waals surface area contributed by atoms with Gasteiger partial charge in [0.25, 0.3) is 11.8 Å². The Morgan fingerprint density at radius 1 is 1.26 bits per heavy atom. The van der Waals surface area contributed by atoms with Gasteiger partial charge in [-0.2, -0.15) is 0 Å². The zero-order chi connectivity index (χ0) is 16.6. The first-order valence-corrected chi connectivity index (χ1v) is 7.67. The molecule has 2 atom stereocenters. The number of imide groups is 1. The van der Waals surface area contributed by atoms with E-state index in [9.17, 15) is 14.4 Å². The van der Waals surface area contributed by atoms with E-state index in [1.807, 2.05) is 11.8 Å². The number of piperazine rings is 1. The highest BCUT2D eigenvalue weighted by Crippen LogP contribution is 2.24. The van der Waals surface area contributed by atoms with Crippen LogP contribution in [0.2, 0.25) is 0 Å². The highest BCUT2D eigenvalue weighted by Gasteiger charge is 2.43. The Morgan fingerprint density at radius 2 is 1.96 bits per heavy atom. The van der Waals surface area contributed by atoms with Crippen molar-refractivity contribution in [3.05, 3.63) is 35.4 Å². The second-order valence-corrected chi connectivity index (χ2v) is 6.22. The van der Waals surface area contributed by atoms with Crippen LogP contribution in [0, 0.1) is 0 Å². The van der Waals surface area contributed by atoms with Gasteiger partial charge in [-0.25, -0.2) is 4.79 Å². The average Bonchev–Trinajstić information content (AvgIpc) is 2.80. The summed E-state index contributed by atoms with van der Waals surface area (Å²) in [4.78, 5) is 37.6. The van der Waals surface area contributed by atoms with Gasteiger partial charge < -0.3 is 15.5 Å². The summed E-state index contributed by atoms with van der Waals surface area (Å²) in [6.07, 6.45) is 0. The van der Waals surface area contributed by atoms with Crippen molar-refractivity contribution >= 4 is 17.8 Å². The van der Waals surface area contributed by atoms with Crippen molar-refractivity contribution in [2.45, 2.75) is 25.4 Å². The molecule has 0 saturated carbocycles. The van der Waals surface area contributed by atoms with E-state index < -0.39 is 17.5 Å². The van der Waals surface area contributed by atoms with E-state index in [0.717, 1.165) is 6.54 Å². The van der Waals surface area contributed by atoms with Gasteiger partial charge in [0.1, 0.15) is 5.54 Å². The molecule has 0 unspecified atom stereocenters. The summed E-state index contributed by atoms with van der Waals surface area (Å²) in [5.74, 6) is -0.410. The minimum atomic E-state index is -1.10. The highest BCUT2D eigenvalue weighted by molar-refractivity contribution is 6.07. The number of benzene rings is 1. The molecular formula is C16H20N4O3. The maximum absolute atomic E-state index is 12.5. The molecule has 1 aromatic carbocycles. The third-order valence-electron chi connectivity index (χ3n) is 4.41. The molecule has 0 bridgehead atoms. The van der Waals surface area contributed by atoms with Gasteiger partial charge >= 0.3 is 6.03 Å². The van der Waals surface area contributed by atoms with Crippen LogP contribution in [-0.4, -0.2) is 48.4 Å². The molecule has 3 N–H and O–H groups in total. The monoisotopic (exact) mass is 316 g/mol. The van der Waals surface area contributed by atoms with Crippen LogP contribution in [0.4, 0.5) is 4.79 Å². The van der Waals surface area contributed by atoms with Crippen LogP contribution in [-0.2, 0) is 10.3 Å². The molecular weight excluding hydrogens is 296 g/mol. The maximum Gasteiger partial charge on any atom is 0.322 e. The molecule has 0 radical (unpaired) electrons. The molecule has 122 valence electrons. The quantitative estimate of drug-likeness (QED) is 0.679. The molecule has 2 heterocycles. The van der Waals surface area contributed by atoms with Gasteiger partial charge in [-0.3, -0.25) is 14.9 Å². The van der Waals surface area contributed by atoms with Crippen molar-refractivity contribution in [3.63, 3.8) is 0 Å². The Balaban J connectivity index is 1.78. The summed E-state index contributed by atoms with van der Waals surface area (Å²) in [6, 6.07) is 6.60. The SMILES string of the molecule is C[C@@H]1CN(C(=O)c2ccc([C@@]3(C)NC(=O)NC3=O)cc2)CCN1. The van der Waals surface area contributed by atoms with Gasteiger partial charge in [0, 0.05) is 31.2 Å². The Hall–Kier alpha value is -2.41. The van der Waals surface area contributed by atoms with Crippen LogP contribution in [0.15, 0.2) is 24.3 Å². The summed E-state index contributed by atoms with van der Waals surface area (Å²) in [6.45, 7) is 5.83. The van der Waals surface area contributed by atoms with E-state index in [1.54, 1.807) is 31.2 Å². The minimum Gasteiger partial charge on any atom is -0.336 e. The molecule has 3 rings (SSSR count). The number of nitrogens with zero attached hydrogens (tertiary/aromatic N) is 1. The number of urea groups is 1. The number of hydrogen-bond donors (Lipinski definition) is 3. The highest BCUT2D eigenvalue weighted by atomic mass is 16.2. The fourth-order valence-corrected chi connectivity index (χ4v) is 2.99. The number of rotatable bonds is 2. The molecule has 23 heavy (non-hydrogen) atoms. The number of amides is 4. The van der Waals surface area contributed by atoms with Gasteiger partial charge in [-0.15, -0.1) is 0 Å². The summed E-state index contributed by atoms with van der Waals surface area (Å²) in [5, 5.41) is 8.14. The van der Waals surface area contributed by atoms with Crippen molar-refractivity contribution < 1.29 is 14.4 Å². The molecule has 1 aromatic rings. The first-order valence-electron chi connectivity index (χ1n) is 7.67. The van der Waals surface area contributed by atoms with E-state index in [4.69, 9.17) is 0 Å². The third kappa shape index (κ3) is 2.79.